The van der Waals surface area contributed by atoms with E-state index in [1.807, 2.05) is 0 Å². The highest BCUT2D eigenvalue weighted by Crippen LogP contribution is 2.25. The van der Waals surface area contributed by atoms with Crippen LogP contribution in [0.1, 0.15) is 71.1 Å². The number of hydrogen-bond donors (Lipinski definition) is 2. The number of aliphatic hydroxyl groups is 2. The molecule has 0 aromatic rings. The molecular weight excluding hydrogens is 244 g/mol. The van der Waals surface area contributed by atoms with Gasteiger partial charge in [0.05, 0.1) is 6.61 Å². The zero-order valence-electron chi connectivity index (χ0n) is 12.2. The van der Waals surface area contributed by atoms with Gasteiger partial charge in [0.25, 0.3) is 0 Å². The van der Waals surface area contributed by atoms with Crippen LogP contribution in [0.4, 0.5) is 0 Å². The van der Waals surface area contributed by atoms with E-state index in [4.69, 9.17) is 14.9 Å². The van der Waals surface area contributed by atoms with E-state index in [-0.39, 0.29) is 18.8 Å². The lowest BCUT2D eigenvalue weighted by atomic mass is 10.00. The lowest BCUT2D eigenvalue weighted by molar-refractivity contribution is -0.478. The van der Waals surface area contributed by atoms with Gasteiger partial charge in [0.1, 0.15) is 12.2 Å². The van der Waals surface area contributed by atoms with Gasteiger partial charge >= 0.3 is 0 Å². The van der Waals surface area contributed by atoms with Crippen molar-refractivity contribution in [3.05, 3.63) is 0 Å². The van der Waals surface area contributed by atoms with Gasteiger partial charge in [-0.25, -0.2) is 9.78 Å². The summed E-state index contributed by atoms with van der Waals surface area (Å²) in [5, 5.41) is 18.3. The lowest BCUT2D eigenvalue weighted by Crippen LogP contribution is -2.51. The van der Waals surface area contributed by atoms with Crippen LogP contribution < -0.4 is 0 Å². The molecule has 0 aromatic carbocycles. The Kier molecular flexibility index (Phi) is 9.43. The molecule has 0 aromatic heterocycles. The third-order valence-corrected chi connectivity index (χ3v) is 3.82. The van der Waals surface area contributed by atoms with Crippen LogP contribution in [0.5, 0.6) is 0 Å². The smallest absolute Gasteiger partial charge is 0.150 e. The van der Waals surface area contributed by atoms with Crippen LogP contribution in [0.15, 0.2) is 0 Å². The topological polar surface area (TPSA) is 58.9 Å². The summed E-state index contributed by atoms with van der Waals surface area (Å²) in [4.78, 5) is 9.79. The second-order valence-corrected chi connectivity index (χ2v) is 5.56. The molecule has 1 fully saturated rings. The van der Waals surface area contributed by atoms with Crippen molar-refractivity contribution in [1.82, 2.24) is 0 Å². The first-order chi connectivity index (χ1) is 9.29. The zero-order valence-corrected chi connectivity index (χ0v) is 12.2. The molecule has 1 heterocycles. The fourth-order valence-electron chi connectivity index (χ4n) is 2.48. The van der Waals surface area contributed by atoms with Crippen LogP contribution in [-0.2, 0) is 9.78 Å². The van der Waals surface area contributed by atoms with Gasteiger partial charge in [0.15, 0.2) is 6.10 Å². The van der Waals surface area contributed by atoms with E-state index in [1.54, 1.807) is 0 Å². The third kappa shape index (κ3) is 6.70. The molecule has 1 saturated heterocycles. The fraction of sp³-hybridized carbons (Fsp3) is 1.00. The number of rotatable bonds is 12. The minimum Gasteiger partial charge on any atom is -0.394 e. The molecule has 0 aliphatic carbocycles. The maximum atomic E-state index is 9.44. The van der Waals surface area contributed by atoms with Crippen molar-refractivity contribution in [2.75, 3.05) is 6.61 Å². The molecular formula is C15H30O4. The van der Waals surface area contributed by atoms with Gasteiger partial charge < -0.3 is 10.2 Å². The predicted molar refractivity (Wildman–Crippen MR) is 74.7 cm³/mol. The molecule has 4 nitrogen and oxygen atoms in total. The summed E-state index contributed by atoms with van der Waals surface area (Å²) in [7, 11) is 0. The highest BCUT2D eigenvalue weighted by Gasteiger charge is 2.39. The summed E-state index contributed by atoms with van der Waals surface area (Å²) in [6, 6.07) is 0. The molecule has 1 rings (SSSR count). The highest BCUT2D eigenvalue weighted by molar-refractivity contribution is 4.80. The SMILES string of the molecule is CCCCCCCCCCCC1OOC1C(O)CO. The Bertz CT molecular complexity index is 210. The van der Waals surface area contributed by atoms with Crippen molar-refractivity contribution < 1.29 is 20.0 Å². The first-order valence-corrected chi connectivity index (χ1v) is 7.90. The normalized spacial score (nSPS) is 24.2. The van der Waals surface area contributed by atoms with Crippen LogP contribution in [0, 0.1) is 0 Å². The molecule has 1 aliphatic heterocycles. The van der Waals surface area contributed by atoms with Gasteiger partial charge in [-0.15, -0.1) is 0 Å². The van der Waals surface area contributed by atoms with E-state index < -0.39 is 6.10 Å². The average molecular weight is 274 g/mol. The van der Waals surface area contributed by atoms with Crippen molar-refractivity contribution in [2.24, 2.45) is 0 Å². The van der Waals surface area contributed by atoms with Gasteiger partial charge in [0.2, 0.25) is 0 Å². The van der Waals surface area contributed by atoms with Crippen LogP contribution in [-0.4, -0.2) is 35.1 Å². The van der Waals surface area contributed by atoms with Crippen molar-refractivity contribution in [1.29, 1.82) is 0 Å². The highest BCUT2D eigenvalue weighted by atomic mass is 17.2. The molecule has 0 saturated carbocycles. The van der Waals surface area contributed by atoms with Gasteiger partial charge in [-0.3, -0.25) is 0 Å². The van der Waals surface area contributed by atoms with Crippen LogP contribution in [0.2, 0.25) is 0 Å². The van der Waals surface area contributed by atoms with Crippen LogP contribution in [0.3, 0.4) is 0 Å². The Morgan fingerprint density at radius 1 is 0.895 bits per heavy atom. The summed E-state index contributed by atoms with van der Waals surface area (Å²) < 4.78 is 0. The Hall–Kier alpha value is -0.160. The Labute approximate surface area is 117 Å². The van der Waals surface area contributed by atoms with Crippen molar-refractivity contribution in [3.8, 4) is 0 Å². The van der Waals surface area contributed by atoms with E-state index in [9.17, 15) is 5.11 Å². The molecule has 3 atom stereocenters. The number of aliphatic hydroxyl groups excluding tert-OH is 2. The quantitative estimate of drug-likeness (QED) is 0.424. The minimum atomic E-state index is -0.808. The molecule has 3 unspecified atom stereocenters. The monoisotopic (exact) mass is 274 g/mol. The van der Waals surface area contributed by atoms with Gasteiger partial charge in [-0.05, 0) is 6.42 Å². The van der Waals surface area contributed by atoms with E-state index >= 15 is 0 Å². The van der Waals surface area contributed by atoms with Crippen LogP contribution in [0.25, 0.3) is 0 Å². The summed E-state index contributed by atoms with van der Waals surface area (Å²) in [6.07, 6.45) is 11.5. The predicted octanol–water partition coefficient (Wildman–Crippen LogP) is 2.96. The molecule has 4 heteroatoms. The summed E-state index contributed by atoms with van der Waals surface area (Å²) in [6.45, 7) is 1.98. The van der Waals surface area contributed by atoms with Crippen molar-refractivity contribution in [3.63, 3.8) is 0 Å². The van der Waals surface area contributed by atoms with E-state index in [1.165, 1.54) is 51.4 Å². The standard InChI is InChI=1S/C15H30O4/c1-2-3-4-5-6-7-8-9-10-11-14-15(19-18-14)13(17)12-16/h13-17H,2-12H2,1H3. The van der Waals surface area contributed by atoms with Crippen molar-refractivity contribution in [2.45, 2.75) is 89.4 Å². The molecule has 114 valence electrons. The largest absolute Gasteiger partial charge is 0.394 e. The maximum Gasteiger partial charge on any atom is 0.150 e. The molecule has 19 heavy (non-hydrogen) atoms. The first kappa shape index (κ1) is 16.9. The van der Waals surface area contributed by atoms with E-state index in [0.717, 1.165) is 12.8 Å². The molecule has 2 N–H and O–H groups in total. The minimum absolute atomic E-state index is 0.0355. The molecule has 0 bridgehead atoms. The number of unbranched alkanes of at least 4 members (excludes halogenated alkanes) is 8. The molecule has 0 radical (unpaired) electrons. The average Bonchev–Trinajstić information content (AvgIpc) is 2.39. The van der Waals surface area contributed by atoms with Gasteiger partial charge in [-0.2, -0.15) is 0 Å². The Balaban J connectivity index is 1.86. The second-order valence-electron chi connectivity index (χ2n) is 5.56. The van der Waals surface area contributed by atoms with E-state index in [2.05, 4.69) is 6.92 Å². The van der Waals surface area contributed by atoms with Gasteiger partial charge in [0, 0.05) is 0 Å². The summed E-state index contributed by atoms with van der Waals surface area (Å²) >= 11 is 0. The zero-order chi connectivity index (χ0) is 13.9. The van der Waals surface area contributed by atoms with Gasteiger partial charge in [-0.1, -0.05) is 64.7 Å². The summed E-state index contributed by atoms with van der Waals surface area (Å²) in [5.41, 5.74) is 0. The second kappa shape index (κ2) is 10.6. The molecule has 0 spiro atoms. The maximum absolute atomic E-state index is 9.44. The molecule has 1 aliphatic rings. The third-order valence-electron chi connectivity index (χ3n) is 3.82. The van der Waals surface area contributed by atoms with Crippen molar-refractivity contribution >= 4 is 0 Å². The Morgan fingerprint density at radius 3 is 1.95 bits per heavy atom. The summed E-state index contributed by atoms with van der Waals surface area (Å²) in [5.74, 6) is 0. The Morgan fingerprint density at radius 2 is 1.47 bits per heavy atom. The fourth-order valence-corrected chi connectivity index (χ4v) is 2.48. The first-order valence-electron chi connectivity index (χ1n) is 7.90. The van der Waals surface area contributed by atoms with E-state index in [0.29, 0.717) is 0 Å². The molecule has 0 amide bonds. The lowest BCUT2D eigenvalue weighted by Gasteiger charge is -2.37. The van der Waals surface area contributed by atoms with Crippen LogP contribution >= 0.6 is 0 Å². The number of hydrogen-bond acceptors (Lipinski definition) is 4.